The van der Waals surface area contributed by atoms with Gasteiger partial charge in [-0.2, -0.15) is 5.26 Å². The van der Waals surface area contributed by atoms with Crippen LogP contribution in [0.4, 0.5) is 19.3 Å². The number of halogens is 2. The number of nitrogens with zero attached hydrogens (tertiary/aromatic N) is 1. The molecule has 0 aromatic heterocycles. The summed E-state index contributed by atoms with van der Waals surface area (Å²) >= 11 is 1.10. The maximum Gasteiger partial charge on any atom is 0.417 e. The zero-order valence-corrected chi connectivity index (χ0v) is 14.6. The number of amides is 1. The maximum absolute atomic E-state index is 13.3. The topological polar surface area (TPSA) is 62.1 Å². The van der Waals surface area contributed by atoms with Crippen LogP contribution in [0, 0.1) is 23.0 Å². The molecule has 0 heterocycles. The molecule has 0 unspecified atom stereocenters. The molecule has 0 fully saturated rings. The van der Waals surface area contributed by atoms with E-state index >= 15 is 0 Å². The number of hydrogen-bond acceptors (Lipinski definition) is 4. The smallest absolute Gasteiger partial charge is 0.410 e. The maximum atomic E-state index is 13.3. The van der Waals surface area contributed by atoms with E-state index in [4.69, 9.17) is 4.74 Å². The summed E-state index contributed by atoms with van der Waals surface area (Å²) in [5, 5.41) is 11.8. The third-order valence-corrected chi connectivity index (χ3v) is 4.33. The molecular weight excluding hydrogens is 370 g/mol. The van der Waals surface area contributed by atoms with Crippen molar-refractivity contribution in [2.75, 3.05) is 5.32 Å². The molecule has 0 aliphatic rings. The Hall–Kier alpha value is -3.37. The number of ether oxygens (including phenoxy) is 1. The number of nitriles is 1. The van der Waals surface area contributed by atoms with Crippen molar-refractivity contribution in [1.29, 1.82) is 5.26 Å². The molecule has 0 saturated carbocycles. The van der Waals surface area contributed by atoms with Gasteiger partial charge in [0, 0.05) is 15.9 Å². The largest absolute Gasteiger partial charge is 0.417 e. The molecule has 3 rings (SSSR count). The molecule has 0 atom stereocenters. The van der Waals surface area contributed by atoms with Crippen LogP contribution >= 0.6 is 11.8 Å². The fourth-order valence-electron chi connectivity index (χ4n) is 2.24. The average molecular weight is 382 g/mol. The Balaban J connectivity index is 1.74. The minimum atomic E-state index is -0.731. The molecule has 0 bridgehead atoms. The molecule has 27 heavy (non-hydrogen) atoms. The van der Waals surface area contributed by atoms with Crippen molar-refractivity contribution in [2.24, 2.45) is 0 Å². The van der Waals surface area contributed by atoms with Crippen molar-refractivity contribution in [3.63, 3.8) is 0 Å². The molecule has 3 aromatic rings. The molecule has 0 aliphatic heterocycles. The van der Waals surface area contributed by atoms with Gasteiger partial charge in [-0.3, -0.25) is 5.32 Å². The number of para-hydroxylation sites is 1. The first-order valence-corrected chi connectivity index (χ1v) is 8.57. The lowest BCUT2D eigenvalue weighted by Gasteiger charge is -2.09. The van der Waals surface area contributed by atoms with Gasteiger partial charge < -0.3 is 4.74 Å². The van der Waals surface area contributed by atoms with E-state index in [-0.39, 0.29) is 11.3 Å². The Morgan fingerprint density at radius 1 is 0.963 bits per heavy atom. The summed E-state index contributed by atoms with van der Waals surface area (Å²) in [5.41, 5.74) is 0.468. The monoisotopic (exact) mass is 382 g/mol. The van der Waals surface area contributed by atoms with Gasteiger partial charge >= 0.3 is 6.09 Å². The van der Waals surface area contributed by atoms with Crippen molar-refractivity contribution >= 4 is 23.5 Å². The second kappa shape index (κ2) is 8.34. The molecule has 1 N–H and O–H groups in total. The van der Waals surface area contributed by atoms with E-state index in [2.05, 4.69) is 5.32 Å². The Morgan fingerprint density at radius 3 is 2.33 bits per heavy atom. The summed E-state index contributed by atoms with van der Waals surface area (Å²) < 4.78 is 31.7. The number of carbonyl (C=O) groups excluding carboxylic acids is 1. The molecule has 7 heteroatoms. The summed E-state index contributed by atoms with van der Waals surface area (Å²) in [4.78, 5) is 12.9. The van der Waals surface area contributed by atoms with Gasteiger partial charge in [-0.25, -0.2) is 13.6 Å². The second-order valence-corrected chi connectivity index (χ2v) is 6.50. The van der Waals surface area contributed by atoms with E-state index in [0.717, 1.165) is 17.8 Å². The molecule has 0 aliphatic carbocycles. The Bertz CT molecular complexity index is 1000. The number of carbonyl (C=O) groups is 1. The van der Waals surface area contributed by atoms with Crippen molar-refractivity contribution in [3.05, 3.63) is 83.9 Å². The summed E-state index contributed by atoms with van der Waals surface area (Å²) in [6.07, 6.45) is -0.731. The van der Waals surface area contributed by atoms with Crippen LogP contribution in [0.5, 0.6) is 5.75 Å². The van der Waals surface area contributed by atoms with E-state index in [1.807, 2.05) is 6.07 Å². The third kappa shape index (κ3) is 5.06. The van der Waals surface area contributed by atoms with Crippen LogP contribution in [0.15, 0.2) is 76.5 Å². The molecule has 0 spiro atoms. The van der Waals surface area contributed by atoms with E-state index in [9.17, 15) is 18.8 Å². The highest BCUT2D eigenvalue weighted by Crippen LogP contribution is 2.31. The van der Waals surface area contributed by atoms with Gasteiger partial charge in [0.15, 0.2) is 0 Å². The van der Waals surface area contributed by atoms with Crippen molar-refractivity contribution in [2.45, 2.75) is 9.79 Å². The first-order chi connectivity index (χ1) is 13.0. The quantitative estimate of drug-likeness (QED) is 0.638. The zero-order chi connectivity index (χ0) is 19.2. The highest BCUT2D eigenvalue weighted by atomic mass is 32.2. The van der Waals surface area contributed by atoms with Gasteiger partial charge in [0.1, 0.15) is 23.5 Å². The molecule has 0 radical (unpaired) electrons. The van der Waals surface area contributed by atoms with Crippen LogP contribution in [0.1, 0.15) is 5.56 Å². The van der Waals surface area contributed by atoms with Crippen LogP contribution < -0.4 is 10.1 Å². The number of benzene rings is 3. The first-order valence-electron chi connectivity index (χ1n) is 7.75. The fraction of sp³-hybridized carbons (Fsp3) is 0. The highest BCUT2D eigenvalue weighted by Gasteiger charge is 2.11. The molecule has 134 valence electrons. The lowest BCUT2D eigenvalue weighted by atomic mass is 10.2. The third-order valence-electron chi connectivity index (χ3n) is 3.37. The summed E-state index contributed by atoms with van der Waals surface area (Å²) in [6, 6.07) is 18.3. The number of nitrogens with one attached hydrogen (secondary N) is 1. The van der Waals surface area contributed by atoms with E-state index in [1.54, 1.807) is 36.4 Å². The first kappa shape index (κ1) is 18.4. The minimum Gasteiger partial charge on any atom is -0.410 e. The zero-order valence-electron chi connectivity index (χ0n) is 13.8. The van der Waals surface area contributed by atoms with Gasteiger partial charge in [0.2, 0.25) is 0 Å². The number of hydrogen-bond donors (Lipinski definition) is 1. The molecule has 3 aromatic carbocycles. The van der Waals surface area contributed by atoms with E-state index < -0.39 is 17.7 Å². The standard InChI is InChI=1S/C20H12F2N2O2S/c21-14-9-15(22)11-18(10-14)27-17-6-7-19(13(8-17)12-23)24-20(25)26-16-4-2-1-3-5-16/h1-11H,(H,24,25). The number of anilines is 1. The van der Waals surface area contributed by atoms with Gasteiger partial charge in [-0.15, -0.1) is 0 Å². The molecule has 4 nitrogen and oxygen atoms in total. The van der Waals surface area contributed by atoms with Crippen LogP contribution in [0.25, 0.3) is 0 Å². The van der Waals surface area contributed by atoms with Gasteiger partial charge in [0.25, 0.3) is 0 Å². The van der Waals surface area contributed by atoms with E-state index in [1.165, 1.54) is 24.3 Å². The van der Waals surface area contributed by atoms with Crippen LogP contribution in [0.3, 0.4) is 0 Å². The van der Waals surface area contributed by atoms with Crippen LogP contribution in [-0.2, 0) is 0 Å². The van der Waals surface area contributed by atoms with Crippen molar-refractivity contribution < 1.29 is 18.3 Å². The predicted molar refractivity (Wildman–Crippen MR) is 97.7 cm³/mol. The van der Waals surface area contributed by atoms with Crippen molar-refractivity contribution in [3.8, 4) is 11.8 Å². The summed E-state index contributed by atoms with van der Waals surface area (Å²) in [5.74, 6) is -0.992. The Labute approximate surface area is 158 Å². The van der Waals surface area contributed by atoms with Gasteiger partial charge in [-0.1, -0.05) is 30.0 Å². The van der Waals surface area contributed by atoms with Crippen LogP contribution in [-0.4, -0.2) is 6.09 Å². The normalized spacial score (nSPS) is 10.1. The lowest BCUT2D eigenvalue weighted by Crippen LogP contribution is -2.17. The Morgan fingerprint density at radius 2 is 1.67 bits per heavy atom. The SMILES string of the molecule is N#Cc1cc(Sc2cc(F)cc(F)c2)ccc1NC(=O)Oc1ccccc1. The molecule has 0 saturated heterocycles. The van der Waals surface area contributed by atoms with E-state index in [0.29, 0.717) is 15.5 Å². The summed E-state index contributed by atoms with van der Waals surface area (Å²) in [7, 11) is 0. The molecular formula is C20H12F2N2O2S. The molecule has 1 amide bonds. The lowest BCUT2D eigenvalue weighted by molar-refractivity contribution is 0.215. The average Bonchev–Trinajstić information content (AvgIpc) is 2.63. The summed E-state index contributed by atoms with van der Waals surface area (Å²) in [6.45, 7) is 0. The highest BCUT2D eigenvalue weighted by molar-refractivity contribution is 7.99. The van der Waals surface area contributed by atoms with Crippen molar-refractivity contribution in [1.82, 2.24) is 0 Å². The predicted octanol–water partition coefficient (Wildman–Crippen LogP) is 5.60. The fourth-order valence-corrected chi connectivity index (χ4v) is 3.17. The van der Waals surface area contributed by atoms with Gasteiger partial charge in [0.05, 0.1) is 11.3 Å². The van der Waals surface area contributed by atoms with Gasteiger partial charge in [-0.05, 0) is 42.5 Å². The second-order valence-electron chi connectivity index (χ2n) is 5.35. The number of rotatable bonds is 4. The Kier molecular flexibility index (Phi) is 5.69. The van der Waals surface area contributed by atoms with Crippen LogP contribution in [0.2, 0.25) is 0 Å². The minimum absolute atomic E-state index is 0.196.